The van der Waals surface area contributed by atoms with Crippen LogP contribution in [-0.2, 0) is 28.6 Å². The number of ether oxygens (including phenoxy) is 3. The van der Waals surface area contributed by atoms with Crippen LogP contribution in [0.4, 0.5) is 0 Å². The van der Waals surface area contributed by atoms with Crippen molar-refractivity contribution in [2.45, 2.75) is 264 Å². The second kappa shape index (κ2) is 57.6. The first-order chi connectivity index (χ1) is 34.5. The van der Waals surface area contributed by atoms with Crippen LogP contribution < -0.4 is 0 Å². The van der Waals surface area contributed by atoms with Crippen molar-refractivity contribution in [2.24, 2.45) is 0 Å². The molecule has 1 unspecified atom stereocenters. The van der Waals surface area contributed by atoms with Crippen molar-refractivity contribution >= 4 is 17.9 Å². The summed E-state index contributed by atoms with van der Waals surface area (Å²) >= 11 is 0. The predicted molar refractivity (Wildman–Crippen MR) is 302 cm³/mol. The molecule has 398 valence electrons. The molecule has 6 heteroatoms. The minimum Gasteiger partial charge on any atom is -0.462 e. The van der Waals surface area contributed by atoms with E-state index >= 15 is 0 Å². The lowest BCUT2D eigenvalue weighted by atomic mass is 10.0. The number of hydrogen-bond acceptors (Lipinski definition) is 6. The third-order valence-electron chi connectivity index (χ3n) is 12.0. The monoisotopic (exact) mass is 971 g/mol. The lowest BCUT2D eigenvalue weighted by molar-refractivity contribution is -0.166. The first-order valence-electron chi connectivity index (χ1n) is 28.9. The molecule has 0 fully saturated rings. The fourth-order valence-corrected chi connectivity index (χ4v) is 7.78. The van der Waals surface area contributed by atoms with E-state index in [1.54, 1.807) is 0 Å². The number of carbonyl (C=O) groups is 3. The Morgan fingerprint density at radius 3 is 0.957 bits per heavy atom. The zero-order valence-electron chi connectivity index (χ0n) is 45.5. The zero-order chi connectivity index (χ0) is 50.7. The van der Waals surface area contributed by atoms with Gasteiger partial charge in [0.2, 0.25) is 0 Å². The molecule has 0 aromatic heterocycles. The highest BCUT2D eigenvalue weighted by molar-refractivity contribution is 5.71. The van der Waals surface area contributed by atoms with Gasteiger partial charge >= 0.3 is 17.9 Å². The van der Waals surface area contributed by atoms with Gasteiger partial charge in [-0.05, 0) is 89.9 Å². The van der Waals surface area contributed by atoms with Crippen LogP contribution >= 0.6 is 0 Å². The molecule has 0 aliphatic heterocycles. The summed E-state index contributed by atoms with van der Waals surface area (Å²) in [6.45, 7) is 6.35. The number of rotatable bonds is 51. The van der Waals surface area contributed by atoms with Gasteiger partial charge in [-0.2, -0.15) is 0 Å². The van der Waals surface area contributed by atoms with Gasteiger partial charge in [0.15, 0.2) is 6.10 Å². The standard InChI is InChI=1S/C64H106O6/c1-4-7-10-13-16-19-22-25-28-30-32-34-36-39-42-45-48-51-54-57-63(66)69-60-61(59-68-62(65)56-53-50-47-44-41-38-35-27-24-21-18-15-12-9-6-3)70-64(67)58-55-52-49-46-43-40-37-33-31-29-26-23-20-17-14-11-8-5-2/h7,9-10,12,16,18-19,21,25,27-28,32,34-35,39,42,48,51,61H,4-6,8,11,13-15,17,20,22-24,26,29-31,33,36-38,40-41,43-47,49-50,52-60H2,1-3H3/b10-7-,12-9-,19-16-,21-18-,28-25-,34-32-,35-27-,42-39-,51-48-. The van der Waals surface area contributed by atoms with Crippen molar-refractivity contribution in [3.05, 3.63) is 109 Å². The van der Waals surface area contributed by atoms with Gasteiger partial charge in [0.05, 0.1) is 0 Å². The Balaban J connectivity index is 4.51. The summed E-state index contributed by atoms with van der Waals surface area (Å²) in [6, 6.07) is 0. The van der Waals surface area contributed by atoms with E-state index in [1.807, 2.05) is 6.08 Å². The Morgan fingerprint density at radius 2 is 0.586 bits per heavy atom. The quantitative estimate of drug-likeness (QED) is 0.0262. The molecule has 0 saturated heterocycles. The van der Waals surface area contributed by atoms with Crippen LogP contribution in [0.2, 0.25) is 0 Å². The molecule has 6 nitrogen and oxygen atoms in total. The molecule has 70 heavy (non-hydrogen) atoms. The molecule has 0 bridgehead atoms. The van der Waals surface area contributed by atoms with E-state index in [9.17, 15) is 14.4 Å². The summed E-state index contributed by atoms with van der Waals surface area (Å²) in [7, 11) is 0. The lowest BCUT2D eigenvalue weighted by Gasteiger charge is -2.18. The van der Waals surface area contributed by atoms with Crippen molar-refractivity contribution < 1.29 is 28.6 Å². The fourth-order valence-electron chi connectivity index (χ4n) is 7.78. The summed E-state index contributed by atoms with van der Waals surface area (Å²) in [4.78, 5) is 38.1. The molecule has 0 heterocycles. The SMILES string of the molecule is CC/C=C\C/C=C\C/C=C\C/C=C\C/C=C\C/C=C\CCC(=O)OCC(COC(=O)CCCCCCC/C=C\C/C=C\C/C=C\CC)OC(=O)CCCCCCCCCCCCCCCCCCCC. The molecule has 0 aromatic carbocycles. The van der Waals surface area contributed by atoms with Crippen LogP contribution in [0, 0.1) is 0 Å². The molecule has 0 saturated carbocycles. The molecule has 0 radical (unpaired) electrons. The highest BCUT2D eigenvalue weighted by Crippen LogP contribution is 2.16. The maximum absolute atomic E-state index is 12.9. The first kappa shape index (κ1) is 66.1. The summed E-state index contributed by atoms with van der Waals surface area (Å²) in [5.74, 6) is -1.01. The van der Waals surface area contributed by atoms with Gasteiger partial charge in [-0.25, -0.2) is 0 Å². The fraction of sp³-hybridized carbons (Fsp3) is 0.672. The first-order valence-corrected chi connectivity index (χ1v) is 28.9. The third-order valence-corrected chi connectivity index (χ3v) is 12.0. The van der Waals surface area contributed by atoms with Crippen LogP contribution in [0.15, 0.2) is 109 Å². The Hall–Kier alpha value is -3.93. The average Bonchev–Trinajstić information content (AvgIpc) is 3.36. The van der Waals surface area contributed by atoms with E-state index in [4.69, 9.17) is 14.2 Å². The van der Waals surface area contributed by atoms with E-state index in [0.29, 0.717) is 19.3 Å². The lowest BCUT2D eigenvalue weighted by Crippen LogP contribution is -2.30. The molecular weight excluding hydrogens is 865 g/mol. The van der Waals surface area contributed by atoms with E-state index in [-0.39, 0.29) is 37.5 Å². The minimum atomic E-state index is -0.816. The van der Waals surface area contributed by atoms with E-state index < -0.39 is 6.10 Å². The summed E-state index contributed by atoms with van der Waals surface area (Å²) in [5, 5.41) is 0. The van der Waals surface area contributed by atoms with E-state index in [0.717, 1.165) is 116 Å². The zero-order valence-corrected chi connectivity index (χ0v) is 45.5. The smallest absolute Gasteiger partial charge is 0.306 e. The molecular formula is C64H106O6. The third kappa shape index (κ3) is 55.0. The Bertz CT molecular complexity index is 1440. The molecule has 1 atom stereocenters. The van der Waals surface area contributed by atoms with Gasteiger partial charge < -0.3 is 14.2 Å². The number of carbonyl (C=O) groups excluding carboxylic acids is 3. The Labute approximate surface area is 431 Å². The van der Waals surface area contributed by atoms with E-state index in [1.165, 1.54) is 96.3 Å². The highest BCUT2D eigenvalue weighted by Gasteiger charge is 2.19. The molecule has 0 N–H and O–H groups in total. The van der Waals surface area contributed by atoms with Crippen molar-refractivity contribution in [3.63, 3.8) is 0 Å². The van der Waals surface area contributed by atoms with E-state index in [2.05, 4.69) is 124 Å². The predicted octanol–water partition coefficient (Wildman–Crippen LogP) is 19.5. The second-order valence-electron chi connectivity index (χ2n) is 18.8. The van der Waals surface area contributed by atoms with Crippen molar-refractivity contribution in [2.75, 3.05) is 13.2 Å². The largest absolute Gasteiger partial charge is 0.462 e. The van der Waals surface area contributed by atoms with Crippen molar-refractivity contribution in [1.29, 1.82) is 0 Å². The van der Waals surface area contributed by atoms with Crippen LogP contribution in [0.3, 0.4) is 0 Å². The normalized spacial score (nSPS) is 12.9. The van der Waals surface area contributed by atoms with Crippen molar-refractivity contribution in [3.8, 4) is 0 Å². The van der Waals surface area contributed by atoms with Crippen LogP contribution in [0.25, 0.3) is 0 Å². The van der Waals surface area contributed by atoms with Gasteiger partial charge in [0.1, 0.15) is 13.2 Å². The van der Waals surface area contributed by atoms with Crippen LogP contribution in [0.5, 0.6) is 0 Å². The van der Waals surface area contributed by atoms with Gasteiger partial charge in [-0.3, -0.25) is 14.4 Å². The minimum absolute atomic E-state index is 0.110. The summed E-state index contributed by atoms with van der Waals surface area (Å²) in [5.41, 5.74) is 0. The maximum atomic E-state index is 12.9. The van der Waals surface area contributed by atoms with Gasteiger partial charge in [0.25, 0.3) is 0 Å². The number of hydrogen-bond donors (Lipinski definition) is 0. The highest BCUT2D eigenvalue weighted by atomic mass is 16.6. The molecule has 0 aliphatic carbocycles. The molecule has 0 amide bonds. The van der Waals surface area contributed by atoms with Crippen LogP contribution in [0.1, 0.15) is 258 Å². The maximum Gasteiger partial charge on any atom is 0.306 e. The molecule has 0 rings (SSSR count). The summed E-state index contributed by atoms with van der Waals surface area (Å²) < 4.78 is 16.8. The number of allylic oxidation sites excluding steroid dienone is 18. The number of esters is 3. The Kier molecular flexibility index (Phi) is 54.4. The second-order valence-corrected chi connectivity index (χ2v) is 18.8. The van der Waals surface area contributed by atoms with Gasteiger partial charge in [-0.15, -0.1) is 0 Å². The topological polar surface area (TPSA) is 78.9 Å². The molecule has 0 aromatic rings. The molecule has 0 aliphatic rings. The van der Waals surface area contributed by atoms with Gasteiger partial charge in [-0.1, -0.05) is 259 Å². The summed E-state index contributed by atoms with van der Waals surface area (Å²) in [6.07, 6.45) is 78.1. The van der Waals surface area contributed by atoms with Crippen LogP contribution in [-0.4, -0.2) is 37.2 Å². The average molecular weight is 972 g/mol. The van der Waals surface area contributed by atoms with Gasteiger partial charge in [0, 0.05) is 19.3 Å². The molecule has 0 spiro atoms. The number of unbranched alkanes of at least 4 members (excludes halogenated alkanes) is 22. The Morgan fingerprint density at radius 1 is 0.300 bits per heavy atom. The van der Waals surface area contributed by atoms with Crippen molar-refractivity contribution in [1.82, 2.24) is 0 Å².